The first-order chi connectivity index (χ1) is 15.5. The number of hydrogen-bond acceptors (Lipinski definition) is 10. The van der Waals surface area contributed by atoms with Crippen LogP contribution in [-0.2, 0) is 47.7 Å². The molecule has 0 aromatic rings. The standard InChI is InChI=1S/C21H32N2O10/c1-6-30-19(27)13-22(4)16(24)8-10-32-18(26)12-15(3)21(29)33-11-9-17(25)23(5)14-20(28)31-7-2/h12H,6-11,13-14H2,1-5H3/b15-12+. The minimum atomic E-state index is -0.851. The van der Waals surface area contributed by atoms with Crippen molar-refractivity contribution in [3.8, 4) is 0 Å². The third-order valence-electron chi connectivity index (χ3n) is 3.96. The van der Waals surface area contributed by atoms with E-state index in [2.05, 4.69) is 0 Å². The maximum atomic E-state index is 11.9. The predicted molar refractivity (Wildman–Crippen MR) is 113 cm³/mol. The van der Waals surface area contributed by atoms with Crippen LogP contribution in [0.15, 0.2) is 11.6 Å². The molecule has 0 bridgehead atoms. The van der Waals surface area contributed by atoms with Crippen molar-refractivity contribution in [1.29, 1.82) is 0 Å². The second-order valence-electron chi connectivity index (χ2n) is 6.74. The Morgan fingerprint density at radius 1 is 0.697 bits per heavy atom. The molecule has 0 fully saturated rings. The number of likely N-dealkylation sites (N-methyl/N-ethyl adjacent to an activating group) is 2. The molecule has 186 valence electrons. The van der Waals surface area contributed by atoms with Gasteiger partial charge in [-0.05, 0) is 20.8 Å². The highest BCUT2D eigenvalue weighted by molar-refractivity contribution is 5.96. The zero-order valence-corrected chi connectivity index (χ0v) is 19.7. The zero-order valence-electron chi connectivity index (χ0n) is 19.7. The van der Waals surface area contributed by atoms with Gasteiger partial charge in [-0.3, -0.25) is 19.2 Å². The van der Waals surface area contributed by atoms with E-state index in [9.17, 15) is 28.8 Å². The van der Waals surface area contributed by atoms with Gasteiger partial charge in [0.1, 0.15) is 26.3 Å². The van der Waals surface area contributed by atoms with Gasteiger partial charge in [-0.15, -0.1) is 0 Å². The number of nitrogens with zero attached hydrogens (tertiary/aromatic N) is 2. The molecule has 0 radical (unpaired) electrons. The van der Waals surface area contributed by atoms with E-state index >= 15 is 0 Å². The van der Waals surface area contributed by atoms with E-state index in [1.54, 1.807) is 13.8 Å². The van der Waals surface area contributed by atoms with Crippen LogP contribution in [0.5, 0.6) is 0 Å². The average molecular weight is 472 g/mol. The van der Waals surface area contributed by atoms with Crippen LogP contribution in [-0.4, -0.2) is 99.1 Å². The van der Waals surface area contributed by atoms with Crippen molar-refractivity contribution in [1.82, 2.24) is 9.80 Å². The van der Waals surface area contributed by atoms with Crippen LogP contribution >= 0.6 is 0 Å². The normalized spacial score (nSPS) is 10.6. The van der Waals surface area contributed by atoms with Gasteiger partial charge < -0.3 is 28.7 Å². The van der Waals surface area contributed by atoms with E-state index in [0.717, 1.165) is 15.9 Å². The molecule has 12 heteroatoms. The first-order valence-electron chi connectivity index (χ1n) is 10.3. The number of hydrogen-bond donors (Lipinski definition) is 0. The summed E-state index contributed by atoms with van der Waals surface area (Å²) in [5, 5.41) is 0. The first-order valence-corrected chi connectivity index (χ1v) is 10.3. The van der Waals surface area contributed by atoms with Crippen LogP contribution in [0.2, 0.25) is 0 Å². The van der Waals surface area contributed by atoms with Gasteiger partial charge in [0, 0.05) is 25.7 Å². The number of amides is 2. The highest BCUT2D eigenvalue weighted by Gasteiger charge is 2.16. The van der Waals surface area contributed by atoms with E-state index in [0.29, 0.717) is 0 Å². The number of ether oxygens (including phenoxy) is 4. The molecule has 0 heterocycles. The summed E-state index contributed by atoms with van der Waals surface area (Å²) in [6.45, 7) is 4.12. The molecule has 0 saturated heterocycles. The Morgan fingerprint density at radius 3 is 1.55 bits per heavy atom. The molecule has 0 rings (SSSR count). The highest BCUT2D eigenvalue weighted by atomic mass is 16.5. The predicted octanol–water partition coefficient (Wildman–Crippen LogP) is -0.158. The van der Waals surface area contributed by atoms with Gasteiger partial charge in [-0.25, -0.2) is 9.59 Å². The van der Waals surface area contributed by atoms with E-state index in [4.69, 9.17) is 18.9 Å². The summed E-state index contributed by atoms with van der Waals surface area (Å²) in [7, 11) is 2.84. The van der Waals surface area contributed by atoms with Crippen LogP contribution < -0.4 is 0 Å². The van der Waals surface area contributed by atoms with Crippen LogP contribution in [0, 0.1) is 0 Å². The molecule has 0 aliphatic carbocycles. The number of carbonyl (C=O) groups excluding carboxylic acids is 6. The molecule has 0 saturated carbocycles. The fourth-order valence-electron chi connectivity index (χ4n) is 2.22. The van der Waals surface area contributed by atoms with Crippen LogP contribution in [0.3, 0.4) is 0 Å². The SMILES string of the molecule is CCOC(=O)CN(C)C(=O)CCOC(=O)/C=C(\C)C(=O)OCCC(=O)N(C)CC(=O)OCC. The molecule has 0 aromatic carbocycles. The third kappa shape index (κ3) is 13.6. The Hall–Kier alpha value is -3.44. The molecule has 33 heavy (non-hydrogen) atoms. The van der Waals surface area contributed by atoms with Gasteiger partial charge in [0.15, 0.2) is 0 Å². The van der Waals surface area contributed by atoms with Gasteiger partial charge in [0.25, 0.3) is 0 Å². The molecule has 0 spiro atoms. The van der Waals surface area contributed by atoms with Crippen LogP contribution in [0.1, 0.15) is 33.6 Å². The summed E-state index contributed by atoms with van der Waals surface area (Å²) >= 11 is 0. The zero-order chi connectivity index (χ0) is 25.4. The van der Waals surface area contributed by atoms with Crippen molar-refractivity contribution in [2.24, 2.45) is 0 Å². The Bertz CT molecular complexity index is 747. The summed E-state index contributed by atoms with van der Waals surface area (Å²) in [6, 6.07) is 0. The molecule has 0 N–H and O–H groups in total. The Balaban J connectivity index is 4.30. The van der Waals surface area contributed by atoms with Crippen molar-refractivity contribution in [3.63, 3.8) is 0 Å². The molecule has 2 amide bonds. The molecule has 0 aliphatic heterocycles. The fraction of sp³-hybridized carbons (Fsp3) is 0.619. The highest BCUT2D eigenvalue weighted by Crippen LogP contribution is 2.01. The molecule has 0 atom stereocenters. The van der Waals surface area contributed by atoms with Gasteiger partial charge >= 0.3 is 23.9 Å². The fourth-order valence-corrected chi connectivity index (χ4v) is 2.22. The van der Waals surface area contributed by atoms with E-state index in [1.165, 1.54) is 21.0 Å². The van der Waals surface area contributed by atoms with Crippen molar-refractivity contribution in [3.05, 3.63) is 11.6 Å². The first kappa shape index (κ1) is 29.6. The smallest absolute Gasteiger partial charge is 0.333 e. The summed E-state index contributed by atoms with van der Waals surface area (Å²) in [5.41, 5.74) is -0.0573. The second kappa shape index (κ2) is 16.2. The Labute approximate surface area is 192 Å². The molecular formula is C21H32N2O10. The van der Waals surface area contributed by atoms with E-state index in [-0.39, 0.29) is 57.9 Å². The summed E-state index contributed by atoms with van der Waals surface area (Å²) in [6.07, 6.45) is 0.602. The van der Waals surface area contributed by atoms with Gasteiger partial charge in [-0.1, -0.05) is 0 Å². The Kier molecular flexibility index (Phi) is 14.5. The number of esters is 4. The monoisotopic (exact) mass is 472 g/mol. The lowest BCUT2D eigenvalue weighted by Crippen LogP contribution is -2.33. The van der Waals surface area contributed by atoms with Crippen LogP contribution in [0.25, 0.3) is 0 Å². The Morgan fingerprint density at radius 2 is 1.12 bits per heavy atom. The maximum absolute atomic E-state index is 11.9. The maximum Gasteiger partial charge on any atom is 0.333 e. The summed E-state index contributed by atoms with van der Waals surface area (Å²) < 4.78 is 19.3. The number of carbonyl (C=O) groups is 6. The molecular weight excluding hydrogens is 440 g/mol. The van der Waals surface area contributed by atoms with E-state index < -0.39 is 35.7 Å². The minimum Gasteiger partial charge on any atom is -0.465 e. The van der Waals surface area contributed by atoms with Gasteiger partial charge in [-0.2, -0.15) is 0 Å². The van der Waals surface area contributed by atoms with Crippen molar-refractivity contribution >= 4 is 35.7 Å². The van der Waals surface area contributed by atoms with Crippen molar-refractivity contribution < 1.29 is 47.7 Å². The minimum absolute atomic E-state index is 0.0573. The van der Waals surface area contributed by atoms with Crippen molar-refractivity contribution in [2.45, 2.75) is 33.6 Å². The lowest BCUT2D eigenvalue weighted by Gasteiger charge is -2.16. The van der Waals surface area contributed by atoms with Crippen molar-refractivity contribution in [2.75, 3.05) is 53.6 Å². The van der Waals surface area contributed by atoms with Gasteiger partial charge in [0.2, 0.25) is 11.8 Å². The third-order valence-corrected chi connectivity index (χ3v) is 3.96. The molecule has 0 aliphatic rings. The van der Waals surface area contributed by atoms with Gasteiger partial charge in [0.05, 0.1) is 26.1 Å². The molecule has 12 nitrogen and oxygen atoms in total. The summed E-state index contributed by atoms with van der Waals surface area (Å²) in [4.78, 5) is 72.5. The lowest BCUT2D eigenvalue weighted by molar-refractivity contribution is -0.149. The van der Waals surface area contributed by atoms with Crippen LogP contribution in [0.4, 0.5) is 0 Å². The summed E-state index contributed by atoms with van der Waals surface area (Å²) in [5.74, 6) is -3.61. The number of rotatable bonds is 14. The molecule has 0 aromatic heterocycles. The molecule has 0 unspecified atom stereocenters. The largest absolute Gasteiger partial charge is 0.465 e. The lowest BCUT2D eigenvalue weighted by atomic mass is 10.3. The second-order valence-corrected chi connectivity index (χ2v) is 6.74. The quantitative estimate of drug-likeness (QED) is 0.190. The van der Waals surface area contributed by atoms with E-state index in [1.807, 2.05) is 0 Å². The average Bonchev–Trinajstić information content (AvgIpc) is 2.73. The topological polar surface area (TPSA) is 146 Å².